The summed E-state index contributed by atoms with van der Waals surface area (Å²) in [5.74, 6) is 1.41. The number of benzene rings is 3. The van der Waals surface area contributed by atoms with Gasteiger partial charge in [-0.1, -0.05) is 45.8 Å². The van der Waals surface area contributed by atoms with Crippen molar-refractivity contribution >= 4 is 21.6 Å². The van der Waals surface area contributed by atoms with Crippen LogP contribution in [0.5, 0.6) is 11.5 Å². The summed E-state index contributed by atoms with van der Waals surface area (Å²) >= 11 is 3.47. The summed E-state index contributed by atoms with van der Waals surface area (Å²) in [6.45, 7) is 6.78. The van der Waals surface area contributed by atoms with Crippen LogP contribution in [0, 0.1) is 20.8 Å². The predicted molar refractivity (Wildman–Crippen MR) is 135 cm³/mol. The minimum Gasteiger partial charge on any atom is -0.493 e. The predicted octanol–water partition coefficient (Wildman–Crippen LogP) is 6.80. The van der Waals surface area contributed by atoms with Crippen LogP contribution in [0.4, 0.5) is 5.69 Å². The summed E-state index contributed by atoms with van der Waals surface area (Å²) in [6.07, 6.45) is -0.142. The minimum atomic E-state index is -0.142. The Morgan fingerprint density at radius 3 is 2.52 bits per heavy atom. The molecule has 5 rings (SSSR count). The largest absolute Gasteiger partial charge is 0.493 e. The van der Waals surface area contributed by atoms with E-state index in [0.717, 1.165) is 32.7 Å². The fourth-order valence-corrected chi connectivity index (χ4v) is 4.68. The van der Waals surface area contributed by atoms with E-state index >= 15 is 0 Å². The molecule has 1 aliphatic heterocycles. The first-order valence-electron chi connectivity index (χ1n) is 10.9. The maximum absolute atomic E-state index is 6.08. The fraction of sp³-hybridized carbons (Fsp3) is 0.222. The van der Waals surface area contributed by atoms with Crippen LogP contribution in [0.15, 0.2) is 65.1 Å². The van der Waals surface area contributed by atoms with Crippen LogP contribution in [0.2, 0.25) is 0 Å². The van der Waals surface area contributed by atoms with Crippen LogP contribution in [0.1, 0.15) is 34.1 Å². The smallest absolute Gasteiger partial charge is 0.161 e. The van der Waals surface area contributed by atoms with E-state index in [2.05, 4.69) is 64.0 Å². The number of anilines is 1. The standard InChI is InChI=1S/C27H26BrN3O2/c1-16-11-17(2)26-22(12-16)23-13-18(3)30-31(23)27(29-26)20-7-10-24(25(14-20)32-4)33-15-19-5-8-21(28)9-6-19/h5-14,27,29H,15H2,1-4H3. The van der Waals surface area contributed by atoms with Crippen molar-refractivity contribution in [2.75, 3.05) is 12.4 Å². The van der Waals surface area contributed by atoms with E-state index in [4.69, 9.17) is 14.6 Å². The zero-order chi connectivity index (χ0) is 23.1. The molecule has 0 radical (unpaired) electrons. The Labute approximate surface area is 202 Å². The van der Waals surface area contributed by atoms with Crippen molar-refractivity contribution in [3.63, 3.8) is 0 Å². The number of aryl methyl sites for hydroxylation is 3. The number of rotatable bonds is 5. The molecule has 5 nitrogen and oxygen atoms in total. The van der Waals surface area contributed by atoms with Gasteiger partial charge in [-0.25, -0.2) is 4.68 Å². The molecule has 1 aliphatic rings. The third kappa shape index (κ3) is 4.11. The Morgan fingerprint density at radius 2 is 1.76 bits per heavy atom. The summed E-state index contributed by atoms with van der Waals surface area (Å²) in [5, 5.41) is 8.52. The number of aromatic nitrogens is 2. The van der Waals surface area contributed by atoms with Gasteiger partial charge in [-0.3, -0.25) is 0 Å². The lowest BCUT2D eigenvalue weighted by Crippen LogP contribution is -2.26. The molecule has 0 spiro atoms. The molecule has 2 heterocycles. The van der Waals surface area contributed by atoms with Crippen molar-refractivity contribution < 1.29 is 9.47 Å². The Kier molecular flexibility index (Phi) is 5.62. The molecule has 168 valence electrons. The molecule has 4 aromatic rings. The van der Waals surface area contributed by atoms with Crippen molar-refractivity contribution in [3.05, 3.63) is 93.1 Å². The van der Waals surface area contributed by atoms with Crippen molar-refractivity contribution in [3.8, 4) is 22.8 Å². The molecule has 0 bridgehead atoms. The Balaban J connectivity index is 1.48. The molecule has 1 unspecified atom stereocenters. The molecule has 0 amide bonds. The zero-order valence-electron chi connectivity index (χ0n) is 19.1. The van der Waals surface area contributed by atoms with Gasteiger partial charge in [0.1, 0.15) is 12.8 Å². The highest BCUT2D eigenvalue weighted by Gasteiger charge is 2.28. The van der Waals surface area contributed by atoms with Crippen molar-refractivity contribution in [2.24, 2.45) is 0 Å². The van der Waals surface area contributed by atoms with Gasteiger partial charge < -0.3 is 14.8 Å². The monoisotopic (exact) mass is 503 g/mol. The highest BCUT2D eigenvalue weighted by molar-refractivity contribution is 9.10. The van der Waals surface area contributed by atoms with Gasteiger partial charge in [0.15, 0.2) is 11.5 Å². The van der Waals surface area contributed by atoms with Gasteiger partial charge in [-0.15, -0.1) is 0 Å². The summed E-state index contributed by atoms with van der Waals surface area (Å²) < 4.78 is 14.9. The van der Waals surface area contributed by atoms with Crippen LogP contribution in [-0.2, 0) is 6.61 Å². The average molecular weight is 504 g/mol. The number of hydrogen-bond acceptors (Lipinski definition) is 4. The Bertz CT molecular complexity index is 1330. The second kappa shape index (κ2) is 8.60. The number of halogens is 1. The molecule has 1 atom stereocenters. The number of methoxy groups -OCH3 is 1. The van der Waals surface area contributed by atoms with E-state index in [-0.39, 0.29) is 6.17 Å². The summed E-state index contributed by atoms with van der Waals surface area (Å²) in [5.41, 5.74) is 9.05. The average Bonchev–Trinajstić information content (AvgIpc) is 3.20. The van der Waals surface area contributed by atoms with E-state index in [1.54, 1.807) is 7.11 Å². The lowest BCUT2D eigenvalue weighted by atomic mass is 9.98. The van der Waals surface area contributed by atoms with Crippen molar-refractivity contribution in [1.82, 2.24) is 9.78 Å². The molecule has 0 saturated heterocycles. The lowest BCUT2D eigenvalue weighted by molar-refractivity contribution is 0.284. The van der Waals surface area contributed by atoms with Gasteiger partial charge >= 0.3 is 0 Å². The molecular formula is C27H26BrN3O2. The topological polar surface area (TPSA) is 48.3 Å². The normalized spacial score (nSPS) is 14.3. The second-order valence-electron chi connectivity index (χ2n) is 8.49. The maximum Gasteiger partial charge on any atom is 0.161 e. The van der Waals surface area contributed by atoms with Crippen LogP contribution >= 0.6 is 15.9 Å². The second-order valence-corrected chi connectivity index (χ2v) is 9.41. The first-order chi connectivity index (χ1) is 15.9. The summed E-state index contributed by atoms with van der Waals surface area (Å²) in [4.78, 5) is 0. The SMILES string of the molecule is COc1cc(C2Nc3c(C)cc(C)cc3-c3cc(C)nn32)ccc1OCc1ccc(Br)cc1. The molecule has 6 heteroatoms. The third-order valence-corrected chi connectivity index (χ3v) is 6.48. The Morgan fingerprint density at radius 1 is 0.970 bits per heavy atom. The molecule has 0 fully saturated rings. The van der Waals surface area contributed by atoms with Gasteiger partial charge in [0.2, 0.25) is 0 Å². The highest BCUT2D eigenvalue weighted by Crippen LogP contribution is 2.42. The first-order valence-corrected chi connectivity index (χ1v) is 11.7. The van der Waals surface area contributed by atoms with E-state index in [0.29, 0.717) is 18.1 Å². The van der Waals surface area contributed by atoms with Gasteiger partial charge in [0, 0.05) is 21.3 Å². The van der Waals surface area contributed by atoms with E-state index in [9.17, 15) is 0 Å². The third-order valence-electron chi connectivity index (χ3n) is 5.95. The summed E-state index contributed by atoms with van der Waals surface area (Å²) in [7, 11) is 1.67. The maximum atomic E-state index is 6.08. The van der Waals surface area contributed by atoms with Gasteiger partial charge in [-0.2, -0.15) is 5.10 Å². The number of hydrogen-bond donors (Lipinski definition) is 1. The molecule has 1 aromatic heterocycles. The number of nitrogens with one attached hydrogen (secondary N) is 1. The highest BCUT2D eigenvalue weighted by atomic mass is 79.9. The van der Waals surface area contributed by atoms with Gasteiger partial charge in [0.05, 0.1) is 18.5 Å². The lowest BCUT2D eigenvalue weighted by Gasteiger charge is -2.31. The minimum absolute atomic E-state index is 0.142. The molecule has 0 saturated carbocycles. The van der Waals surface area contributed by atoms with Gasteiger partial charge in [0.25, 0.3) is 0 Å². The molecule has 0 aliphatic carbocycles. The van der Waals surface area contributed by atoms with E-state index in [1.807, 2.05) is 43.3 Å². The van der Waals surface area contributed by atoms with Crippen molar-refractivity contribution in [2.45, 2.75) is 33.5 Å². The van der Waals surface area contributed by atoms with E-state index in [1.165, 1.54) is 16.7 Å². The van der Waals surface area contributed by atoms with Crippen LogP contribution in [-0.4, -0.2) is 16.9 Å². The summed E-state index contributed by atoms with van der Waals surface area (Å²) in [6, 6.07) is 20.8. The molecule has 33 heavy (non-hydrogen) atoms. The van der Waals surface area contributed by atoms with Crippen molar-refractivity contribution in [1.29, 1.82) is 0 Å². The first kappa shape index (κ1) is 21.6. The number of ether oxygens (including phenoxy) is 2. The molecule has 1 N–H and O–H groups in total. The van der Waals surface area contributed by atoms with Crippen LogP contribution in [0.25, 0.3) is 11.3 Å². The van der Waals surface area contributed by atoms with Crippen LogP contribution < -0.4 is 14.8 Å². The molecule has 3 aromatic carbocycles. The van der Waals surface area contributed by atoms with Crippen LogP contribution in [0.3, 0.4) is 0 Å². The fourth-order valence-electron chi connectivity index (χ4n) is 4.41. The quantitative estimate of drug-likeness (QED) is 0.325. The van der Waals surface area contributed by atoms with Gasteiger partial charge in [-0.05, 0) is 68.3 Å². The number of fused-ring (bicyclic) bond motifs is 3. The number of nitrogens with zero attached hydrogens (tertiary/aromatic N) is 2. The Hall–Kier alpha value is -3.25. The van der Waals surface area contributed by atoms with E-state index < -0.39 is 0 Å². The molecular weight excluding hydrogens is 478 g/mol. The zero-order valence-corrected chi connectivity index (χ0v) is 20.7.